The van der Waals surface area contributed by atoms with Crippen LogP contribution in [0.4, 0.5) is 5.69 Å². The maximum absolute atomic E-state index is 11.9. The fourth-order valence-corrected chi connectivity index (χ4v) is 1.59. The molecule has 0 aliphatic carbocycles. The topological polar surface area (TPSA) is 68.0 Å². The minimum Gasteiger partial charge on any atom is -0.323 e. The lowest BCUT2D eigenvalue weighted by Crippen LogP contribution is -2.27. The number of carbonyl (C=O) groups is 1. The van der Waals surface area contributed by atoms with Gasteiger partial charge >= 0.3 is 0 Å². The number of hydrogen-bond acceptors (Lipinski definition) is 3. The van der Waals surface area contributed by atoms with E-state index in [0.717, 1.165) is 5.56 Å². The highest BCUT2D eigenvalue weighted by Crippen LogP contribution is 2.14. The fourth-order valence-electron chi connectivity index (χ4n) is 1.48. The van der Waals surface area contributed by atoms with Crippen molar-refractivity contribution >= 4 is 23.2 Å². The first kappa shape index (κ1) is 12.5. The molecule has 1 atom stereocenters. The summed E-state index contributed by atoms with van der Waals surface area (Å²) < 4.78 is 0. The van der Waals surface area contributed by atoms with Crippen molar-refractivity contribution in [1.82, 2.24) is 4.98 Å². The molecule has 0 saturated heterocycles. The molecule has 0 spiro atoms. The highest BCUT2D eigenvalue weighted by atomic mass is 35.5. The van der Waals surface area contributed by atoms with E-state index in [1.54, 1.807) is 12.1 Å². The Balaban J connectivity index is 2.06. The largest absolute Gasteiger partial charge is 0.323 e. The highest BCUT2D eigenvalue weighted by Gasteiger charge is 2.15. The van der Waals surface area contributed by atoms with E-state index in [-0.39, 0.29) is 5.91 Å². The summed E-state index contributed by atoms with van der Waals surface area (Å²) in [5, 5.41) is 3.06. The monoisotopic (exact) mass is 261 g/mol. The van der Waals surface area contributed by atoms with Gasteiger partial charge in [-0.05, 0) is 17.7 Å². The fraction of sp³-hybridized carbons (Fsp3) is 0.0769. The van der Waals surface area contributed by atoms with Crippen LogP contribution in [-0.4, -0.2) is 10.9 Å². The van der Waals surface area contributed by atoms with E-state index in [2.05, 4.69) is 10.3 Å². The summed E-state index contributed by atoms with van der Waals surface area (Å²) in [6.45, 7) is 0. The number of amides is 1. The molecule has 0 aliphatic heterocycles. The van der Waals surface area contributed by atoms with Crippen molar-refractivity contribution in [3.63, 3.8) is 0 Å². The normalized spacial score (nSPS) is 11.9. The average molecular weight is 262 g/mol. The number of nitrogens with one attached hydrogen (secondary N) is 1. The summed E-state index contributed by atoms with van der Waals surface area (Å²) in [6.07, 6.45) is 1.48. The van der Waals surface area contributed by atoms with E-state index in [0.29, 0.717) is 10.8 Å². The van der Waals surface area contributed by atoms with Gasteiger partial charge in [-0.15, -0.1) is 0 Å². The summed E-state index contributed by atoms with van der Waals surface area (Å²) in [4.78, 5) is 15.8. The summed E-state index contributed by atoms with van der Waals surface area (Å²) in [5.41, 5.74) is 7.18. The maximum Gasteiger partial charge on any atom is 0.245 e. The van der Waals surface area contributed by atoms with Gasteiger partial charge in [-0.1, -0.05) is 41.9 Å². The zero-order valence-electron chi connectivity index (χ0n) is 9.51. The van der Waals surface area contributed by atoms with Gasteiger partial charge in [0, 0.05) is 0 Å². The van der Waals surface area contributed by atoms with Gasteiger partial charge in [0.05, 0.1) is 11.9 Å². The quantitative estimate of drug-likeness (QED) is 0.834. The van der Waals surface area contributed by atoms with Crippen LogP contribution < -0.4 is 11.1 Å². The molecule has 0 radical (unpaired) electrons. The Labute approximate surface area is 110 Å². The van der Waals surface area contributed by atoms with Gasteiger partial charge in [0.1, 0.15) is 11.2 Å². The number of aromatic nitrogens is 1. The molecule has 4 nitrogen and oxygen atoms in total. The van der Waals surface area contributed by atoms with Crippen LogP contribution in [0.5, 0.6) is 0 Å². The lowest BCUT2D eigenvalue weighted by atomic mass is 10.1. The maximum atomic E-state index is 11.9. The number of benzene rings is 1. The van der Waals surface area contributed by atoms with Crippen molar-refractivity contribution in [3.8, 4) is 0 Å². The van der Waals surface area contributed by atoms with E-state index in [1.165, 1.54) is 6.20 Å². The third kappa shape index (κ3) is 3.06. The molecular weight excluding hydrogens is 250 g/mol. The molecule has 1 amide bonds. The number of halogens is 1. The van der Waals surface area contributed by atoms with Gasteiger partial charge in [0.25, 0.3) is 0 Å². The Kier molecular flexibility index (Phi) is 3.92. The van der Waals surface area contributed by atoms with E-state index < -0.39 is 6.04 Å². The van der Waals surface area contributed by atoms with Gasteiger partial charge < -0.3 is 11.1 Å². The van der Waals surface area contributed by atoms with Gasteiger partial charge in [-0.25, -0.2) is 4.98 Å². The number of pyridine rings is 1. The van der Waals surface area contributed by atoms with Crippen LogP contribution >= 0.6 is 11.6 Å². The third-order valence-corrected chi connectivity index (χ3v) is 2.66. The predicted molar refractivity (Wildman–Crippen MR) is 71.2 cm³/mol. The second kappa shape index (κ2) is 5.62. The Morgan fingerprint density at radius 2 is 1.94 bits per heavy atom. The van der Waals surface area contributed by atoms with Gasteiger partial charge in [0.2, 0.25) is 5.91 Å². The lowest BCUT2D eigenvalue weighted by Gasteiger charge is -2.12. The van der Waals surface area contributed by atoms with Gasteiger partial charge in [0.15, 0.2) is 0 Å². The number of nitrogens with zero attached hydrogens (tertiary/aromatic N) is 1. The Bertz CT molecular complexity index is 528. The second-order valence-electron chi connectivity index (χ2n) is 3.75. The molecule has 3 N–H and O–H groups in total. The van der Waals surface area contributed by atoms with Crippen molar-refractivity contribution in [2.75, 3.05) is 5.32 Å². The third-order valence-electron chi connectivity index (χ3n) is 2.44. The molecule has 92 valence electrons. The number of carbonyl (C=O) groups excluding carboxylic acids is 1. The Morgan fingerprint density at radius 1 is 1.22 bits per heavy atom. The van der Waals surface area contributed by atoms with Crippen LogP contribution in [0.1, 0.15) is 11.6 Å². The van der Waals surface area contributed by atoms with Crippen molar-refractivity contribution in [2.24, 2.45) is 5.73 Å². The predicted octanol–water partition coefficient (Wildman–Crippen LogP) is 2.37. The first-order chi connectivity index (χ1) is 8.66. The molecule has 1 unspecified atom stereocenters. The first-order valence-electron chi connectivity index (χ1n) is 5.40. The van der Waals surface area contributed by atoms with E-state index in [9.17, 15) is 4.79 Å². The highest BCUT2D eigenvalue weighted by molar-refractivity contribution is 6.29. The number of rotatable bonds is 3. The van der Waals surface area contributed by atoms with E-state index in [4.69, 9.17) is 17.3 Å². The molecule has 1 aromatic heterocycles. The smallest absolute Gasteiger partial charge is 0.245 e. The average Bonchev–Trinajstić information content (AvgIpc) is 2.41. The van der Waals surface area contributed by atoms with Crippen molar-refractivity contribution in [1.29, 1.82) is 0 Å². The molecule has 0 bridgehead atoms. The van der Waals surface area contributed by atoms with Gasteiger partial charge in [-0.2, -0.15) is 0 Å². The molecular formula is C13H12ClN3O. The van der Waals surface area contributed by atoms with Gasteiger partial charge in [-0.3, -0.25) is 4.79 Å². The van der Waals surface area contributed by atoms with Crippen LogP contribution in [0, 0.1) is 0 Å². The minimum atomic E-state index is -0.707. The molecule has 1 aromatic carbocycles. The SMILES string of the molecule is NC(C(=O)Nc1ccc(Cl)nc1)c1ccccc1. The number of hydrogen-bond donors (Lipinski definition) is 2. The minimum absolute atomic E-state index is 0.287. The molecule has 2 aromatic rings. The molecule has 0 aliphatic rings. The molecule has 0 saturated carbocycles. The molecule has 0 fully saturated rings. The lowest BCUT2D eigenvalue weighted by molar-refractivity contribution is -0.117. The Hall–Kier alpha value is -1.91. The molecule has 5 heteroatoms. The zero-order valence-corrected chi connectivity index (χ0v) is 10.3. The van der Waals surface area contributed by atoms with Crippen LogP contribution in [0.25, 0.3) is 0 Å². The summed E-state index contributed by atoms with van der Waals surface area (Å²) in [5.74, 6) is -0.287. The van der Waals surface area contributed by atoms with Crippen LogP contribution in [0.2, 0.25) is 5.15 Å². The van der Waals surface area contributed by atoms with E-state index >= 15 is 0 Å². The molecule has 2 rings (SSSR count). The van der Waals surface area contributed by atoms with Crippen molar-refractivity contribution < 1.29 is 4.79 Å². The molecule has 1 heterocycles. The summed E-state index contributed by atoms with van der Waals surface area (Å²) >= 11 is 5.66. The summed E-state index contributed by atoms with van der Waals surface area (Å²) in [6, 6.07) is 11.7. The second-order valence-corrected chi connectivity index (χ2v) is 4.13. The molecule has 18 heavy (non-hydrogen) atoms. The van der Waals surface area contributed by atoms with Crippen LogP contribution in [0.15, 0.2) is 48.7 Å². The summed E-state index contributed by atoms with van der Waals surface area (Å²) in [7, 11) is 0. The van der Waals surface area contributed by atoms with Crippen molar-refractivity contribution in [2.45, 2.75) is 6.04 Å². The number of nitrogens with two attached hydrogens (primary N) is 1. The van der Waals surface area contributed by atoms with E-state index in [1.807, 2.05) is 30.3 Å². The Morgan fingerprint density at radius 3 is 2.56 bits per heavy atom. The van der Waals surface area contributed by atoms with Crippen LogP contribution in [0.3, 0.4) is 0 Å². The van der Waals surface area contributed by atoms with Crippen molar-refractivity contribution in [3.05, 3.63) is 59.4 Å². The standard InChI is InChI=1S/C13H12ClN3O/c14-11-7-6-10(8-16-11)17-13(18)12(15)9-4-2-1-3-5-9/h1-8,12H,15H2,(H,17,18). The number of anilines is 1. The first-order valence-corrected chi connectivity index (χ1v) is 5.77. The van der Waals surface area contributed by atoms with Crippen LogP contribution in [-0.2, 0) is 4.79 Å². The zero-order chi connectivity index (χ0) is 13.0.